The minimum absolute atomic E-state index is 0.00618. The standard InChI is InChI=1S/C29H33ClN2O3S/c1-19-6-8-21(9-7-19)28(34)32(29(3,4)5)17-27(33)31-14-12-26-23(13-15-36-26)25(31)18-35-22-10-11-24(30)20(2)16-22/h6-11,13,15-16,25H,12,14,17-18H2,1-5H3. The maximum atomic E-state index is 13.8. The zero-order chi connectivity index (χ0) is 26.0. The van der Waals surface area contributed by atoms with Crippen LogP contribution >= 0.6 is 22.9 Å². The maximum absolute atomic E-state index is 13.8. The number of thiophene rings is 1. The summed E-state index contributed by atoms with van der Waals surface area (Å²) in [6.45, 7) is 10.7. The Morgan fingerprint density at radius 3 is 2.50 bits per heavy atom. The van der Waals surface area contributed by atoms with Gasteiger partial charge in [0.05, 0.1) is 6.04 Å². The number of rotatable bonds is 6. The van der Waals surface area contributed by atoms with Crippen molar-refractivity contribution in [3.63, 3.8) is 0 Å². The number of nitrogens with zero attached hydrogens (tertiary/aromatic N) is 2. The minimum Gasteiger partial charge on any atom is -0.491 e. The highest BCUT2D eigenvalue weighted by molar-refractivity contribution is 7.10. The molecule has 0 bridgehead atoms. The second kappa shape index (κ2) is 10.7. The van der Waals surface area contributed by atoms with E-state index in [0.29, 0.717) is 23.7 Å². The van der Waals surface area contributed by atoms with Crippen molar-refractivity contribution in [2.75, 3.05) is 19.7 Å². The van der Waals surface area contributed by atoms with Gasteiger partial charge in [0.25, 0.3) is 5.91 Å². The molecule has 0 radical (unpaired) electrons. The number of fused-ring (bicyclic) bond motifs is 1. The predicted molar refractivity (Wildman–Crippen MR) is 146 cm³/mol. The normalized spacial score (nSPS) is 15.4. The quantitative estimate of drug-likeness (QED) is 0.371. The van der Waals surface area contributed by atoms with E-state index in [0.717, 1.165) is 28.9 Å². The van der Waals surface area contributed by atoms with Gasteiger partial charge in [0, 0.05) is 27.5 Å². The second-order valence-electron chi connectivity index (χ2n) is 10.3. The Balaban J connectivity index is 1.56. The van der Waals surface area contributed by atoms with Crippen LogP contribution in [0.25, 0.3) is 0 Å². The monoisotopic (exact) mass is 524 g/mol. The minimum atomic E-state index is -0.520. The summed E-state index contributed by atoms with van der Waals surface area (Å²) in [4.78, 5) is 32.0. The van der Waals surface area contributed by atoms with Gasteiger partial charge < -0.3 is 14.5 Å². The molecular formula is C29H33ClN2O3S. The third-order valence-electron chi connectivity index (χ3n) is 6.60. The Morgan fingerprint density at radius 2 is 1.83 bits per heavy atom. The molecule has 2 aromatic carbocycles. The number of hydrogen-bond donors (Lipinski definition) is 0. The van der Waals surface area contributed by atoms with Crippen molar-refractivity contribution >= 4 is 34.8 Å². The van der Waals surface area contributed by atoms with Crippen molar-refractivity contribution in [2.24, 2.45) is 0 Å². The lowest BCUT2D eigenvalue weighted by atomic mass is 9.99. The smallest absolute Gasteiger partial charge is 0.254 e. The Morgan fingerprint density at radius 1 is 1.11 bits per heavy atom. The summed E-state index contributed by atoms with van der Waals surface area (Å²) in [5, 5.41) is 2.76. The lowest BCUT2D eigenvalue weighted by molar-refractivity contribution is -0.136. The molecule has 3 aromatic rings. The highest BCUT2D eigenvalue weighted by atomic mass is 35.5. The van der Waals surface area contributed by atoms with Gasteiger partial charge in [-0.2, -0.15) is 0 Å². The molecule has 1 aliphatic rings. The summed E-state index contributed by atoms with van der Waals surface area (Å²) in [7, 11) is 0. The van der Waals surface area contributed by atoms with Gasteiger partial charge >= 0.3 is 0 Å². The van der Waals surface area contributed by atoms with Crippen LogP contribution in [0.1, 0.15) is 58.7 Å². The first-order valence-electron chi connectivity index (χ1n) is 12.2. The van der Waals surface area contributed by atoms with E-state index in [4.69, 9.17) is 16.3 Å². The van der Waals surface area contributed by atoms with Crippen LogP contribution in [0.4, 0.5) is 0 Å². The molecule has 0 fully saturated rings. The number of halogens is 1. The van der Waals surface area contributed by atoms with Gasteiger partial charge in [-0.15, -0.1) is 11.3 Å². The molecular weight excluding hydrogens is 492 g/mol. The summed E-state index contributed by atoms with van der Waals surface area (Å²) in [5.74, 6) is 0.495. The predicted octanol–water partition coefficient (Wildman–Crippen LogP) is 6.46. The molecule has 0 spiro atoms. The van der Waals surface area contributed by atoms with Crippen LogP contribution < -0.4 is 4.74 Å². The number of benzene rings is 2. The summed E-state index contributed by atoms with van der Waals surface area (Å²) in [6.07, 6.45) is 0.802. The molecule has 5 nitrogen and oxygen atoms in total. The topological polar surface area (TPSA) is 49.9 Å². The fraction of sp³-hybridized carbons (Fsp3) is 0.379. The van der Waals surface area contributed by atoms with Gasteiger partial charge in [-0.25, -0.2) is 0 Å². The number of aryl methyl sites for hydroxylation is 2. The number of ether oxygens (including phenoxy) is 1. The number of hydrogen-bond acceptors (Lipinski definition) is 4. The Hall–Kier alpha value is -2.83. The first-order chi connectivity index (χ1) is 17.0. The summed E-state index contributed by atoms with van der Waals surface area (Å²) < 4.78 is 6.16. The summed E-state index contributed by atoms with van der Waals surface area (Å²) in [5.41, 5.74) is 3.21. The average Bonchev–Trinajstić information content (AvgIpc) is 3.31. The zero-order valence-electron chi connectivity index (χ0n) is 21.5. The second-order valence-corrected chi connectivity index (χ2v) is 11.7. The van der Waals surface area contributed by atoms with Crippen LogP contribution in [-0.2, 0) is 11.2 Å². The van der Waals surface area contributed by atoms with Gasteiger partial charge in [-0.05, 0) is 93.9 Å². The molecule has 2 heterocycles. The fourth-order valence-corrected chi connectivity index (χ4v) is 5.49. The Labute approximate surface area is 222 Å². The molecule has 0 saturated heterocycles. The maximum Gasteiger partial charge on any atom is 0.254 e. The van der Waals surface area contributed by atoms with Crippen LogP contribution in [0.2, 0.25) is 5.02 Å². The molecule has 2 amide bonds. The Kier molecular flexibility index (Phi) is 7.76. The van der Waals surface area contributed by atoms with Crippen molar-refractivity contribution in [2.45, 2.75) is 52.6 Å². The largest absolute Gasteiger partial charge is 0.491 e. The molecule has 4 rings (SSSR count). The number of carbonyl (C=O) groups excluding carboxylic acids is 2. The summed E-state index contributed by atoms with van der Waals surface area (Å²) in [6, 6.07) is 14.9. The van der Waals surface area contributed by atoms with Gasteiger partial charge in [-0.1, -0.05) is 29.3 Å². The van der Waals surface area contributed by atoms with E-state index in [1.807, 2.05) is 82.0 Å². The van der Waals surface area contributed by atoms with E-state index in [1.165, 1.54) is 4.88 Å². The van der Waals surface area contributed by atoms with E-state index in [1.54, 1.807) is 16.2 Å². The van der Waals surface area contributed by atoms with Crippen LogP contribution in [0.5, 0.6) is 5.75 Å². The van der Waals surface area contributed by atoms with E-state index in [-0.39, 0.29) is 24.4 Å². The molecule has 1 aliphatic heterocycles. The molecule has 1 unspecified atom stereocenters. The SMILES string of the molecule is Cc1ccc(C(=O)N(CC(=O)N2CCc3sccc3C2COc2ccc(Cl)c(C)c2)C(C)(C)C)cc1. The fourth-order valence-electron chi connectivity index (χ4n) is 4.45. The molecule has 0 saturated carbocycles. The molecule has 1 aromatic heterocycles. The molecule has 36 heavy (non-hydrogen) atoms. The van der Waals surface area contributed by atoms with Gasteiger partial charge in [0.1, 0.15) is 18.9 Å². The highest BCUT2D eigenvalue weighted by Crippen LogP contribution is 2.34. The van der Waals surface area contributed by atoms with Crippen LogP contribution in [0.15, 0.2) is 53.9 Å². The van der Waals surface area contributed by atoms with E-state index in [2.05, 4.69) is 11.4 Å². The van der Waals surface area contributed by atoms with Gasteiger partial charge in [-0.3, -0.25) is 9.59 Å². The molecule has 0 N–H and O–H groups in total. The van der Waals surface area contributed by atoms with Crippen molar-refractivity contribution in [1.82, 2.24) is 9.80 Å². The van der Waals surface area contributed by atoms with Crippen molar-refractivity contribution in [3.05, 3.63) is 86.1 Å². The van der Waals surface area contributed by atoms with E-state index >= 15 is 0 Å². The first kappa shape index (κ1) is 26.2. The van der Waals surface area contributed by atoms with Crippen molar-refractivity contribution < 1.29 is 14.3 Å². The third-order valence-corrected chi connectivity index (χ3v) is 8.02. The van der Waals surface area contributed by atoms with E-state index < -0.39 is 5.54 Å². The van der Waals surface area contributed by atoms with Gasteiger partial charge in [0.15, 0.2) is 0 Å². The zero-order valence-corrected chi connectivity index (χ0v) is 23.1. The molecule has 1 atom stereocenters. The lowest BCUT2D eigenvalue weighted by Gasteiger charge is -2.40. The van der Waals surface area contributed by atoms with Crippen molar-refractivity contribution in [1.29, 1.82) is 0 Å². The number of carbonyl (C=O) groups is 2. The summed E-state index contributed by atoms with van der Waals surface area (Å²) >= 11 is 7.88. The Bertz CT molecular complexity index is 1250. The number of amides is 2. The van der Waals surface area contributed by atoms with Crippen molar-refractivity contribution in [3.8, 4) is 5.75 Å². The average molecular weight is 525 g/mol. The van der Waals surface area contributed by atoms with Crippen LogP contribution in [-0.4, -0.2) is 46.8 Å². The molecule has 7 heteroatoms. The van der Waals surface area contributed by atoms with Crippen LogP contribution in [0.3, 0.4) is 0 Å². The first-order valence-corrected chi connectivity index (χ1v) is 13.4. The van der Waals surface area contributed by atoms with E-state index in [9.17, 15) is 9.59 Å². The third kappa shape index (κ3) is 5.76. The van der Waals surface area contributed by atoms with Crippen LogP contribution in [0, 0.1) is 13.8 Å². The van der Waals surface area contributed by atoms with Gasteiger partial charge in [0.2, 0.25) is 5.91 Å². The molecule has 0 aliphatic carbocycles. The molecule has 190 valence electrons. The lowest BCUT2D eigenvalue weighted by Crippen LogP contribution is -2.53. The highest BCUT2D eigenvalue weighted by Gasteiger charge is 2.36.